The van der Waals surface area contributed by atoms with E-state index in [0.717, 1.165) is 23.7 Å². The second-order valence-electron chi connectivity index (χ2n) is 16.5. The third kappa shape index (κ3) is 13.9. The predicted octanol–water partition coefficient (Wildman–Crippen LogP) is 10.2. The van der Waals surface area contributed by atoms with Gasteiger partial charge in [0.15, 0.2) is 19.8 Å². The minimum Gasteiger partial charge on any atom is -0.492 e. The van der Waals surface area contributed by atoms with Crippen LogP contribution in [0.4, 0.5) is 23.7 Å². The van der Waals surface area contributed by atoms with Crippen LogP contribution in [0.25, 0.3) is 10.9 Å². The van der Waals surface area contributed by atoms with Crippen LogP contribution in [-0.2, 0) is 41.4 Å². The summed E-state index contributed by atoms with van der Waals surface area (Å²) in [5.74, 6) is -1.61. The molecule has 1 heterocycles. The first-order valence-electron chi connectivity index (χ1n) is 19.8. The van der Waals surface area contributed by atoms with Gasteiger partial charge in [0.05, 0.1) is 22.3 Å². The topological polar surface area (TPSA) is 138 Å². The summed E-state index contributed by atoms with van der Waals surface area (Å²) in [6.45, 7) is 17.3. The number of fused-ring (bicyclic) bond motifs is 1. The van der Waals surface area contributed by atoms with Gasteiger partial charge >= 0.3 is 18.2 Å². The van der Waals surface area contributed by atoms with Crippen molar-refractivity contribution in [3.05, 3.63) is 88.6 Å². The standard InChI is InChI=1S/C42H56ClF3N4O8SSi/c1-10-60(11-2,12-3)58-36(30-18-21-33(43)34(24-30)48-59(53,54)28-37(51)56-40(4,5)6)27-49(26-29-16-14-13-15-17-29)22-23-55-31-19-20-32-35(25-31)50(39(52)57-41(7,8)9)47-38(32)42(44,45)46/h13-21,24-25,36,48H,10-12,22-23,26-28H2,1-9H3. The summed E-state index contributed by atoms with van der Waals surface area (Å²) in [4.78, 5) is 27.5. The number of nitrogens with zero attached hydrogens (tertiary/aromatic N) is 3. The molecular formula is C42H56ClF3N4O8SSi. The van der Waals surface area contributed by atoms with Crippen LogP contribution in [0.2, 0.25) is 23.2 Å². The number of sulfonamides is 1. The molecule has 0 spiro atoms. The van der Waals surface area contributed by atoms with Crippen molar-refractivity contribution in [1.82, 2.24) is 14.7 Å². The van der Waals surface area contributed by atoms with Crippen LogP contribution < -0.4 is 9.46 Å². The molecule has 12 nitrogen and oxygen atoms in total. The lowest BCUT2D eigenvalue weighted by molar-refractivity contribution is -0.151. The Morgan fingerprint density at radius 2 is 1.53 bits per heavy atom. The summed E-state index contributed by atoms with van der Waals surface area (Å²) in [6.07, 6.45) is -6.45. The summed E-state index contributed by atoms with van der Waals surface area (Å²) in [5, 5.41) is 3.43. The van der Waals surface area contributed by atoms with E-state index < -0.39 is 65.3 Å². The fraction of sp³-hybridized carbons (Fsp3) is 0.500. The first kappa shape index (κ1) is 48.5. The number of halogens is 4. The van der Waals surface area contributed by atoms with Gasteiger partial charge in [0, 0.05) is 31.1 Å². The number of hydrogen-bond donors (Lipinski definition) is 1. The lowest BCUT2D eigenvalue weighted by atomic mass is 10.1. The number of rotatable bonds is 18. The first-order chi connectivity index (χ1) is 27.9. The number of carbonyl (C=O) groups is 2. The highest BCUT2D eigenvalue weighted by Gasteiger charge is 2.39. The van der Waals surface area contributed by atoms with Crippen LogP contribution in [0, 0.1) is 0 Å². The molecule has 0 fully saturated rings. The highest BCUT2D eigenvalue weighted by atomic mass is 35.5. The molecule has 0 amide bonds. The monoisotopic (exact) mass is 896 g/mol. The average molecular weight is 898 g/mol. The molecule has 18 heteroatoms. The molecule has 330 valence electrons. The third-order valence-electron chi connectivity index (χ3n) is 9.52. The normalized spacial score (nSPS) is 13.4. The Morgan fingerprint density at radius 3 is 2.12 bits per heavy atom. The zero-order valence-electron chi connectivity index (χ0n) is 35.6. The molecule has 0 aliphatic rings. The van der Waals surface area contributed by atoms with Crippen molar-refractivity contribution in [2.24, 2.45) is 0 Å². The summed E-state index contributed by atoms with van der Waals surface area (Å²) in [7, 11) is -6.53. The van der Waals surface area contributed by atoms with Gasteiger partial charge in [0.25, 0.3) is 0 Å². The second-order valence-corrected chi connectivity index (χ2v) is 23.4. The molecule has 1 unspecified atom stereocenters. The first-order valence-corrected chi connectivity index (χ1v) is 24.3. The van der Waals surface area contributed by atoms with E-state index in [1.54, 1.807) is 59.7 Å². The van der Waals surface area contributed by atoms with Gasteiger partial charge in [-0.05, 0) is 95.1 Å². The van der Waals surface area contributed by atoms with Gasteiger partial charge in [-0.3, -0.25) is 14.4 Å². The van der Waals surface area contributed by atoms with Gasteiger partial charge in [-0.2, -0.15) is 23.0 Å². The molecule has 1 N–H and O–H groups in total. The van der Waals surface area contributed by atoms with Crippen LogP contribution in [0.15, 0.2) is 66.7 Å². The Bertz CT molecular complexity index is 2200. The van der Waals surface area contributed by atoms with E-state index in [-0.39, 0.29) is 34.0 Å². The number of nitrogens with one attached hydrogen (secondary N) is 1. The maximum atomic E-state index is 14.0. The summed E-state index contributed by atoms with van der Waals surface area (Å²) >= 11 is 6.53. The SMILES string of the molecule is CC[Si](CC)(CC)OC(CN(CCOc1ccc2c(C(F)(F)F)nn(C(=O)OC(C)(C)C)c2c1)Cc1ccccc1)c1ccc(Cl)c(NS(=O)(=O)CC(=O)OC(C)(C)C)c1. The van der Waals surface area contributed by atoms with E-state index in [2.05, 4.69) is 35.5 Å². The molecule has 3 aromatic carbocycles. The number of aromatic nitrogens is 2. The molecule has 0 radical (unpaired) electrons. The molecule has 1 aromatic heterocycles. The van der Waals surface area contributed by atoms with Gasteiger partial charge < -0.3 is 18.6 Å². The van der Waals surface area contributed by atoms with E-state index in [1.165, 1.54) is 18.2 Å². The third-order valence-corrected chi connectivity index (χ3v) is 15.6. The van der Waals surface area contributed by atoms with E-state index in [0.29, 0.717) is 29.9 Å². The molecular weight excluding hydrogens is 841 g/mol. The van der Waals surface area contributed by atoms with Gasteiger partial charge in [-0.25, -0.2) is 13.2 Å². The number of alkyl halides is 3. The number of carbonyl (C=O) groups excluding carboxylic acids is 2. The van der Waals surface area contributed by atoms with Gasteiger partial charge in [-0.1, -0.05) is 68.8 Å². The fourth-order valence-corrected chi connectivity index (χ4v) is 10.5. The molecule has 0 saturated heterocycles. The summed E-state index contributed by atoms with van der Waals surface area (Å²) in [6, 6.07) is 21.2. The number of hydrogen-bond acceptors (Lipinski definition) is 10. The smallest absolute Gasteiger partial charge is 0.435 e. The summed E-state index contributed by atoms with van der Waals surface area (Å²) in [5.41, 5.74) is -1.47. The lowest BCUT2D eigenvalue weighted by Crippen LogP contribution is -2.41. The number of ether oxygens (including phenoxy) is 3. The molecule has 0 aliphatic carbocycles. The quantitative estimate of drug-likeness (QED) is 0.0759. The minimum absolute atomic E-state index is 0.0794. The second kappa shape index (κ2) is 19.7. The van der Waals surface area contributed by atoms with Crippen LogP contribution in [-0.4, -0.2) is 80.1 Å². The molecule has 0 bridgehead atoms. The zero-order valence-corrected chi connectivity index (χ0v) is 38.2. The highest BCUT2D eigenvalue weighted by molar-refractivity contribution is 7.93. The van der Waals surface area contributed by atoms with Crippen molar-refractivity contribution in [2.45, 2.75) is 110 Å². The van der Waals surface area contributed by atoms with Crippen LogP contribution in [0.1, 0.15) is 85.2 Å². The Labute approximate surface area is 356 Å². The van der Waals surface area contributed by atoms with Crippen molar-refractivity contribution in [3.8, 4) is 5.75 Å². The maximum absolute atomic E-state index is 14.0. The van der Waals surface area contributed by atoms with E-state index in [4.69, 9.17) is 30.2 Å². The van der Waals surface area contributed by atoms with E-state index >= 15 is 0 Å². The maximum Gasteiger partial charge on any atom is 0.435 e. The Morgan fingerprint density at radius 1 is 0.900 bits per heavy atom. The fourth-order valence-electron chi connectivity index (χ4n) is 6.51. The predicted molar refractivity (Wildman–Crippen MR) is 229 cm³/mol. The molecule has 0 saturated carbocycles. The molecule has 4 rings (SSSR count). The Balaban J connectivity index is 1.67. The van der Waals surface area contributed by atoms with Crippen molar-refractivity contribution in [1.29, 1.82) is 0 Å². The summed E-state index contributed by atoms with van der Waals surface area (Å²) < 4.78 is 95.1. The van der Waals surface area contributed by atoms with Crippen molar-refractivity contribution in [3.63, 3.8) is 0 Å². The Hall–Kier alpha value is -4.16. The van der Waals surface area contributed by atoms with Gasteiger partial charge in [0.1, 0.15) is 23.6 Å². The van der Waals surface area contributed by atoms with Crippen LogP contribution in [0.5, 0.6) is 5.75 Å². The number of anilines is 1. The van der Waals surface area contributed by atoms with Crippen molar-refractivity contribution in [2.75, 3.05) is 30.2 Å². The van der Waals surface area contributed by atoms with Gasteiger partial charge in [-0.15, -0.1) is 0 Å². The highest BCUT2D eigenvalue weighted by Crippen LogP contribution is 2.37. The number of benzene rings is 3. The largest absolute Gasteiger partial charge is 0.492 e. The minimum atomic E-state index is -4.83. The molecule has 1 atom stereocenters. The zero-order chi connectivity index (χ0) is 44.7. The van der Waals surface area contributed by atoms with Crippen molar-refractivity contribution < 1.29 is 49.8 Å². The molecule has 4 aromatic rings. The van der Waals surface area contributed by atoms with Crippen LogP contribution >= 0.6 is 11.6 Å². The lowest BCUT2D eigenvalue weighted by Gasteiger charge is -2.36. The molecule has 0 aliphatic heterocycles. The number of esters is 1. The average Bonchev–Trinajstić information content (AvgIpc) is 3.53. The van der Waals surface area contributed by atoms with E-state index in [9.17, 15) is 31.2 Å². The van der Waals surface area contributed by atoms with Gasteiger partial charge in [0.2, 0.25) is 10.0 Å². The van der Waals surface area contributed by atoms with Crippen molar-refractivity contribution >= 4 is 58.6 Å². The van der Waals surface area contributed by atoms with Crippen LogP contribution in [0.3, 0.4) is 0 Å². The van der Waals surface area contributed by atoms with E-state index in [1.807, 2.05) is 30.3 Å². The molecule has 60 heavy (non-hydrogen) atoms. The Kier molecular flexibility index (Phi) is 15.9.